The quantitative estimate of drug-likeness (QED) is 0.793. The Morgan fingerprint density at radius 2 is 1.81 bits per heavy atom. The van der Waals surface area contributed by atoms with Crippen molar-refractivity contribution in [3.63, 3.8) is 0 Å². The minimum atomic E-state index is -0.708. The van der Waals surface area contributed by atoms with E-state index in [9.17, 15) is 19.2 Å². The van der Waals surface area contributed by atoms with Crippen molar-refractivity contribution in [2.24, 2.45) is 5.73 Å². The third-order valence-electron chi connectivity index (χ3n) is 4.60. The van der Waals surface area contributed by atoms with Crippen molar-refractivity contribution in [3.05, 3.63) is 64.6 Å². The molecule has 8 heteroatoms. The molecule has 140 valence electrons. The first-order valence-corrected chi connectivity index (χ1v) is 8.52. The van der Waals surface area contributed by atoms with Gasteiger partial charge in [0.05, 0.1) is 0 Å². The van der Waals surface area contributed by atoms with Gasteiger partial charge in [0.1, 0.15) is 6.04 Å². The topological polar surface area (TPSA) is 114 Å². The second-order valence-corrected chi connectivity index (χ2v) is 6.45. The fourth-order valence-corrected chi connectivity index (χ4v) is 3.24. The Balaban J connectivity index is 1.70. The molecule has 2 aromatic rings. The Kier molecular flexibility index (Phi) is 5.07. The van der Waals surface area contributed by atoms with E-state index >= 15 is 0 Å². The molecule has 8 nitrogen and oxygen atoms in total. The number of rotatable bonds is 4. The summed E-state index contributed by atoms with van der Waals surface area (Å²) in [6.07, 6.45) is 1.94. The Morgan fingerprint density at radius 1 is 1.11 bits per heavy atom. The van der Waals surface area contributed by atoms with Gasteiger partial charge in [-0.1, -0.05) is 6.07 Å². The van der Waals surface area contributed by atoms with Gasteiger partial charge in [-0.05, 0) is 36.8 Å². The van der Waals surface area contributed by atoms with E-state index in [0.717, 1.165) is 0 Å². The van der Waals surface area contributed by atoms with Crippen LogP contribution in [0.5, 0.6) is 0 Å². The summed E-state index contributed by atoms with van der Waals surface area (Å²) in [7, 11) is 0. The summed E-state index contributed by atoms with van der Waals surface area (Å²) < 4.78 is 1.47. The summed E-state index contributed by atoms with van der Waals surface area (Å²) in [6.45, 7) is 1.61. The summed E-state index contributed by atoms with van der Waals surface area (Å²) in [4.78, 5) is 48.8. The number of primary amides is 1. The lowest BCUT2D eigenvalue weighted by Crippen LogP contribution is -2.42. The maximum Gasteiger partial charge on any atom is 0.255 e. The molecule has 0 spiro atoms. The third-order valence-corrected chi connectivity index (χ3v) is 4.60. The van der Waals surface area contributed by atoms with Crippen molar-refractivity contribution in [1.82, 2.24) is 14.8 Å². The summed E-state index contributed by atoms with van der Waals surface area (Å²) in [5.74, 6) is -1.16. The molecule has 1 aliphatic rings. The Bertz CT molecular complexity index is 913. The van der Waals surface area contributed by atoms with E-state index < -0.39 is 11.9 Å². The van der Waals surface area contributed by atoms with E-state index in [4.69, 9.17) is 5.73 Å². The van der Waals surface area contributed by atoms with Crippen molar-refractivity contribution in [2.75, 3.05) is 6.54 Å². The molecule has 1 aromatic heterocycles. The van der Waals surface area contributed by atoms with Crippen molar-refractivity contribution < 1.29 is 14.4 Å². The lowest BCUT2D eigenvalue weighted by atomic mass is 10.1. The molecule has 2 atom stereocenters. The van der Waals surface area contributed by atoms with Gasteiger partial charge in [-0.15, -0.1) is 0 Å². The molecule has 0 bridgehead atoms. The molecule has 1 aromatic carbocycles. The van der Waals surface area contributed by atoms with Crippen LogP contribution >= 0.6 is 0 Å². The smallest absolute Gasteiger partial charge is 0.255 e. The summed E-state index contributed by atoms with van der Waals surface area (Å²) in [6, 6.07) is 10.4. The number of aromatic nitrogens is 1. The van der Waals surface area contributed by atoms with Gasteiger partial charge in [0.15, 0.2) is 0 Å². The lowest BCUT2D eigenvalue weighted by Gasteiger charge is -2.19. The van der Waals surface area contributed by atoms with Crippen LogP contribution < -0.4 is 16.6 Å². The van der Waals surface area contributed by atoms with Crippen LogP contribution in [0.4, 0.5) is 0 Å². The highest BCUT2D eigenvalue weighted by Crippen LogP contribution is 2.18. The highest BCUT2D eigenvalue weighted by molar-refractivity contribution is 5.95. The van der Waals surface area contributed by atoms with Crippen LogP contribution in [0.25, 0.3) is 5.69 Å². The molecule has 1 saturated heterocycles. The molecule has 0 radical (unpaired) electrons. The number of nitrogens with one attached hydrogen (secondary N) is 1. The highest BCUT2D eigenvalue weighted by Gasteiger charge is 2.37. The van der Waals surface area contributed by atoms with E-state index in [0.29, 0.717) is 11.3 Å². The van der Waals surface area contributed by atoms with E-state index in [1.807, 2.05) is 0 Å². The zero-order chi connectivity index (χ0) is 19.6. The number of carbonyl (C=O) groups is 3. The lowest BCUT2D eigenvalue weighted by molar-refractivity contribution is -0.135. The monoisotopic (exact) mass is 368 g/mol. The first-order valence-electron chi connectivity index (χ1n) is 8.52. The number of carbonyl (C=O) groups excluding carboxylic acids is 3. The Hall–Kier alpha value is -3.42. The molecule has 0 aliphatic carbocycles. The minimum Gasteiger partial charge on any atom is -0.368 e. The highest BCUT2D eigenvalue weighted by atomic mass is 16.2. The molecular weight excluding hydrogens is 348 g/mol. The second-order valence-electron chi connectivity index (χ2n) is 6.45. The van der Waals surface area contributed by atoms with Crippen LogP contribution in [-0.2, 0) is 9.59 Å². The number of nitrogens with zero attached hydrogens (tertiary/aromatic N) is 2. The van der Waals surface area contributed by atoms with Gasteiger partial charge >= 0.3 is 0 Å². The van der Waals surface area contributed by atoms with Crippen LogP contribution in [0.2, 0.25) is 0 Å². The van der Waals surface area contributed by atoms with Crippen LogP contribution in [-0.4, -0.2) is 45.8 Å². The Labute approximate surface area is 155 Å². The first-order chi connectivity index (χ1) is 12.9. The molecular formula is C19H20N4O4. The Morgan fingerprint density at radius 3 is 2.37 bits per heavy atom. The third kappa shape index (κ3) is 3.89. The summed E-state index contributed by atoms with van der Waals surface area (Å²) in [5, 5.41) is 2.83. The van der Waals surface area contributed by atoms with Gasteiger partial charge in [0.2, 0.25) is 11.8 Å². The summed E-state index contributed by atoms with van der Waals surface area (Å²) in [5.41, 5.74) is 6.24. The predicted octanol–water partition coefficient (Wildman–Crippen LogP) is 0.0420. The molecule has 3 N–H and O–H groups in total. The molecule has 27 heavy (non-hydrogen) atoms. The van der Waals surface area contributed by atoms with Crippen LogP contribution in [0, 0.1) is 0 Å². The fourth-order valence-electron chi connectivity index (χ4n) is 3.24. The fraction of sp³-hybridized carbons (Fsp3) is 0.263. The number of nitrogens with two attached hydrogens (primary N) is 1. The number of likely N-dealkylation sites (tertiary alicyclic amines) is 1. The molecule has 1 fully saturated rings. The van der Waals surface area contributed by atoms with Gasteiger partial charge in [0.25, 0.3) is 11.5 Å². The van der Waals surface area contributed by atoms with E-state index in [1.165, 1.54) is 22.5 Å². The van der Waals surface area contributed by atoms with Crippen molar-refractivity contribution in [1.29, 1.82) is 0 Å². The normalized spacial score (nSPS) is 18.9. The van der Waals surface area contributed by atoms with E-state index in [-0.39, 0.29) is 36.4 Å². The largest absolute Gasteiger partial charge is 0.368 e. The van der Waals surface area contributed by atoms with Gasteiger partial charge in [-0.25, -0.2) is 0 Å². The van der Waals surface area contributed by atoms with Gasteiger partial charge in [-0.2, -0.15) is 0 Å². The van der Waals surface area contributed by atoms with Gasteiger partial charge < -0.3 is 16.0 Å². The number of hydrogen-bond acceptors (Lipinski definition) is 4. The second kappa shape index (κ2) is 7.45. The van der Waals surface area contributed by atoms with Crippen LogP contribution in [0.1, 0.15) is 23.7 Å². The summed E-state index contributed by atoms with van der Waals surface area (Å²) >= 11 is 0. The SMILES string of the molecule is CC(=O)N1CC(NC(=O)c2ccc(-n3ccccc3=O)cc2)CC1C(N)=O. The number of benzene rings is 1. The predicted molar refractivity (Wildman–Crippen MR) is 98.3 cm³/mol. The average molecular weight is 368 g/mol. The zero-order valence-electron chi connectivity index (χ0n) is 14.8. The number of hydrogen-bond donors (Lipinski definition) is 2. The number of pyridine rings is 1. The van der Waals surface area contributed by atoms with Crippen molar-refractivity contribution in [2.45, 2.75) is 25.4 Å². The molecule has 2 unspecified atom stereocenters. The number of amides is 3. The van der Waals surface area contributed by atoms with Gasteiger partial charge in [-0.3, -0.25) is 23.7 Å². The average Bonchev–Trinajstić information content (AvgIpc) is 3.07. The maximum atomic E-state index is 12.5. The standard InChI is InChI=1S/C19H20N4O4/c1-12(24)23-11-14(10-16(23)18(20)26)21-19(27)13-5-7-15(8-6-13)22-9-3-2-4-17(22)25/h2-9,14,16H,10-11H2,1H3,(H2,20,26)(H,21,27). The minimum absolute atomic E-state index is 0.164. The molecule has 3 amide bonds. The first kappa shape index (κ1) is 18.4. The molecule has 0 saturated carbocycles. The molecule has 1 aliphatic heterocycles. The van der Waals surface area contributed by atoms with E-state index in [1.54, 1.807) is 42.6 Å². The van der Waals surface area contributed by atoms with Crippen LogP contribution in [0.3, 0.4) is 0 Å². The van der Waals surface area contributed by atoms with Crippen molar-refractivity contribution >= 4 is 17.7 Å². The van der Waals surface area contributed by atoms with Crippen LogP contribution in [0.15, 0.2) is 53.5 Å². The van der Waals surface area contributed by atoms with Crippen molar-refractivity contribution in [3.8, 4) is 5.69 Å². The van der Waals surface area contributed by atoms with E-state index in [2.05, 4.69) is 5.32 Å². The molecule has 3 rings (SSSR count). The van der Waals surface area contributed by atoms with Gasteiger partial charge in [0, 0.05) is 43.0 Å². The maximum absolute atomic E-state index is 12.5. The molecule has 2 heterocycles. The zero-order valence-corrected chi connectivity index (χ0v) is 14.8.